The second-order valence-electron chi connectivity index (χ2n) is 3.34. The van der Waals surface area contributed by atoms with Gasteiger partial charge in [0.15, 0.2) is 0 Å². The van der Waals surface area contributed by atoms with Crippen LogP contribution in [-0.4, -0.2) is 26.3 Å². The Morgan fingerprint density at radius 3 is 2.93 bits per heavy atom. The Balaban J connectivity index is 2.32. The summed E-state index contributed by atoms with van der Waals surface area (Å²) in [6.07, 6.45) is 5.38. The van der Waals surface area contributed by atoms with Crippen molar-refractivity contribution in [2.24, 2.45) is 7.05 Å². The fourth-order valence-electron chi connectivity index (χ4n) is 1.65. The van der Waals surface area contributed by atoms with Crippen LogP contribution in [-0.2, 0) is 7.05 Å². The van der Waals surface area contributed by atoms with Gasteiger partial charge in [-0.15, -0.1) is 0 Å². The molecule has 0 aromatic carbocycles. The van der Waals surface area contributed by atoms with Gasteiger partial charge in [-0.3, -0.25) is 4.68 Å². The van der Waals surface area contributed by atoms with Crippen molar-refractivity contribution in [2.45, 2.75) is 13.0 Å². The predicted octanol–water partition coefficient (Wildman–Crippen LogP) is 0.842. The highest BCUT2D eigenvalue weighted by Crippen LogP contribution is 2.17. The van der Waals surface area contributed by atoms with Gasteiger partial charge in [-0.1, -0.05) is 6.92 Å². The van der Waals surface area contributed by atoms with E-state index in [0.717, 1.165) is 18.1 Å². The zero-order valence-corrected chi connectivity index (χ0v) is 8.94. The summed E-state index contributed by atoms with van der Waals surface area (Å²) in [5.74, 6) is 0.917. The molecule has 0 spiro atoms. The van der Waals surface area contributed by atoms with Crippen LogP contribution in [0, 0.1) is 0 Å². The second-order valence-corrected chi connectivity index (χ2v) is 3.34. The minimum absolute atomic E-state index is 0.0810. The summed E-state index contributed by atoms with van der Waals surface area (Å²) in [5.41, 5.74) is 1.10. The van der Waals surface area contributed by atoms with Crippen LogP contribution in [0.3, 0.4) is 0 Å². The smallest absolute Gasteiger partial charge is 0.129 e. The van der Waals surface area contributed by atoms with E-state index in [1.807, 2.05) is 24.0 Å². The summed E-state index contributed by atoms with van der Waals surface area (Å²) in [5, 5.41) is 7.54. The summed E-state index contributed by atoms with van der Waals surface area (Å²) >= 11 is 0. The van der Waals surface area contributed by atoms with Crippen LogP contribution in [0.4, 0.5) is 0 Å². The van der Waals surface area contributed by atoms with Crippen LogP contribution in [0.15, 0.2) is 24.7 Å². The summed E-state index contributed by atoms with van der Waals surface area (Å²) in [7, 11) is 1.93. The third kappa shape index (κ3) is 1.92. The molecule has 2 aromatic heterocycles. The molecule has 2 heterocycles. The molecule has 0 radical (unpaired) electrons. The summed E-state index contributed by atoms with van der Waals surface area (Å²) in [6, 6.07) is 2.08. The maximum absolute atomic E-state index is 4.27. The third-order valence-corrected chi connectivity index (χ3v) is 2.36. The molecule has 2 rings (SSSR count). The Morgan fingerprint density at radius 1 is 1.53 bits per heavy atom. The van der Waals surface area contributed by atoms with E-state index in [1.54, 1.807) is 12.4 Å². The Morgan fingerprint density at radius 2 is 2.40 bits per heavy atom. The highest BCUT2D eigenvalue weighted by Gasteiger charge is 2.17. The summed E-state index contributed by atoms with van der Waals surface area (Å²) in [4.78, 5) is 7.40. The second kappa shape index (κ2) is 4.27. The van der Waals surface area contributed by atoms with Crippen molar-refractivity contribution in [3.8, 4) is 0 Å². The molecule has 5 heteroatoms. The Labute approximate surface area is 88.5 Å². The molecule has 1 atom stereocenters. The molecule has 0 amide bonds. The number of nitrogens with zero attached hydrogens (tertiary/aromatic N) is 3. The lowest BCUT2D eigenvalue weighted by Gasteiger charge is -2.15. The summed E-state index contributed by atoms with van der Waals surface area (Å²) in [6.45, 7) is 2.96. The minimum Gasteiger partial charge on any atom is -0.347 e. The van der Waals surface area contributed by atoms with Crippen LogP contribution in [0.25, 0.3) is 0 Å². The number of nitrogens with one attached hydrogen (secondary N) is 2. The Bertz CT molecular complexity index is 403. The van der Waals surface area contributed by atoms with Crippen LogP contribution in [0.2, 0.25) is 0 Å². The molecular weight excluding hydrogens is 190 g/mol. The average molecular weight is 205 g/mol. The van der Waals surface area contributed by atoms with Crippen molar-refractivity contribution in [2.75, 3.05) is 6.54 Å². The number of aryl methyl sites for hydroxylation is 1. The number of aromatic nitrogens is 4. The zero-order valence-electron chi connectivity index (χ0n) is 8.94. The van der Waals surface area contributed by atoms with Gasteiger partial charge in [-0.05, 0) is 12.6 Å². The highest BCUT2D eigenvalue weighted by atomic mass is 15.3. The first-order valence-corrected chi connectivity index (χ1v) is 5.03. The number of aromatic amines is 1. The first-order chi connectivity index (χ1) is 7.33. The molecule has 15 heavy (non-hydrogen) atoms. The van der Waals surface area contributed by atoms with E-state index in [2.05, 4.69) is 27.3 Å². The molecule has 0 fully saturated rings. The Kier molecular flexibility index (Phi) is 2.82. The molecule has 0 aliphatic heterocycles. The molecule has 5 nitrogen and oxygen atoms in total. The van der Waals surface area contributed by atoms with Crippen molar-refractivity contribution in [3.63, 3.8) is 0 Å². The number of hydrogen-bond donors (Lipinski definition) is 2. The van der Waals surface area contributed by atoms with Crippen molar-refractivity contribution in [3.05, 3.63) is 36.2 Å². The Hall–Kier alpha value is -1.62. The minimum atomic E-state index is 0.0810. The van der Waals surface area contributed by atoms with Gasteiger partial charge in [0.1, 0.15) is 11.9 Å². The molecule has 0 saturated heterocycles. The molecule has 2 N–H and O–H groups in total. The maximum Gasteiger partial charge on any atom is 0.129 e. The molecular formula is C10H15N5. The van der Waals surface area contributed by atoms with E-state index < -0.39 is 0 Å². The quantitative estimate of drug-likeness (QED) is 0.777. The van der Waals surface area contributed by atoms with Gasteiger partial charge >= 0.3 is 0 Å². The number of H-pyrrole nitrogens is 1. The van der Waals surface area contributed by atoms with Gasteiger partial charge in [0.2, 0.25) is 0 Å². The van der Waals surface area contributed by atoms with Crippen molar-refractivity contribution < 1.29 is 0 Å². The molecule has 0 aliphatic carbocycles. The maximum atomic E-state index is 4.27. The van der Waals surface area contributed by atoms with E-state index in [-0.39, 0.29) is 6.04 Å². The highest BCUT2D eigenvalue weighted by molar-refractivity contribution is 5.16. The van der Waals surface area contributed by atoms with Crippen LogP contribution in [0.5, 0.6) is 0 Å². The van der Waals surface area contributed by atoms with E-state index >= 15 is 0 Å². The van der Waals surface area contributed by atoms with Crippen LogP contribution >= 0.6 is 0 Å². The lowest BCUT2D eigenvalue weighted by atomic mass is 10.2. The van der Waals surface area contributed by atoms with Gasteiger partial charge in [-0.25, -0.2) is 4.98 Å². The zero-order chi connectivity index (χ0) is 10.7. The number of rotatable bonds is 4. The first-order valence-electron chi connectivity index (χ1n) is 5.03. The molecule has 80 valence electrons. The SMILES string of the molecule is CCNC(c1ncc[nH]1)c1ccnn1C. The van der Waals surface area contributed by atoms with Crippen molar-refractivity contribution in [1.82, 2.24) is 25.1 Å². The normalized spacial score (nSPS) is 12.9. The molecule has 0 aliphatic rings. The number of imidazole rings is 1. The van der Waals surface area contributed by atoms with Gasteiger partial charge in [0.05, 0.1) is 5.69 Å². The topological polar surface area (TPSA) is 58.5 Å². The molecule has 1 unspecified atom stereocenters. The van der Waals surface area contributed by atoms with Crippen LogP contribution in [0.1, 0.15) is 24.5 Å². The van der Waals surface area contributed by atoms with Crippen molar-refractivity contribution >= 4 is 0 Å². The predicted molar refractivity (Wildman–Crippen MR) is 57.3 cm³/mol. The monoisotopic (exact) mass is 205 g/mol. The van der Waals surface area contributed by atoms with Gasteiger partial charge in [0.25, 0.3) is 0 Å². The van der Waals surface area contributed by atoms with E-state index in [9.17, 15) is 0 Å². The van der Waals surface area contributed by atoms with Crippen LogP contribution < -0.4 is 5.32 Å². The van der Waals surface area contributed by atoms with E-state index in [4.69, 9.17) is 0 Å². The van der Waals surface area contributed by atoms with Gasteiger partial charge in [0, 0.05) is 25.6 Å². The third-order valence-electron chi connectivity index (χ3n) is 2.36. The standard InChI is InChI=1S/C10H15N5/c1-3-11-9(10-12-6-7-13-10)8-4-5-14-15(8)2/h4-7,9,11H,3H2,1-2H3,(H,12,13). The fourth-order valence-corrected chi connectivity index (χ4v) is 1.65. The van der Waals surface area contributed by atoms with Crippen molar-refractivity contribution in [1.29, 1.82) is 0 Å². The van der Waals surface area contributed by atoms with Gasteiger partial charge < -0.3 is 10.3 Å². The number of hydrogen-bond acceptors (Lipinski definition) is 3. The summed E-state index contributed by atoms with van der Waals surface area (Å²) < 4.78 is 1.86. The van der Waals surface area contributed by atoms with E-state index in [1.165, 1.54) is 0 Å². The first kappa shape index (κ1) is 9.92. The van der Waals surface area contributed by atoms with Gasteiger partial charge in [-0.2, -0.15) is 5.10 Å². The average Bonchev–Trinajstić information content (AvgIpc) is 2.85. The largest absolute Gasteiger partial charge is 0.347 e. The lowest BCUT2D eigenvalue weighted by Crippen LogP contribution is -2.25. The lowest BCUT2D eigenvalue weighted by molar-refractivity contribution is 0.553. The fraction of sp³-hybridized carbons (Fsp3) is 0.400. The molecule has 0 bridgehead atoms. The molecule has 0 saturated carbocycles. The van der Waals surface area contributed by atoms with E-state index in [0.29, 0.717) is 0 Å². The molecule has 2 aromatic rings.